The van der Waals surface area contributed by atoms with E-state index in [0.29, 0.717) is 16.4 Å². The van der Waals surface area contributed by atoms with Crippen LogP contribution in [-0.2, 0) is 0 Å². The van der Waals surface area contributed by atoms with Crippen LogP contribution in [0.15, 0.2) is 36.8 Å². The lowest BCUT2D eigenvalue weighted by Gasteiger charge is -2.05. The molecule has 5 heteroatoms. The number of aryl methyl sites for hydroxylation is 1. The van der Waals surface area contributed by atoms with Crippen molar-refractivity contribution in [2.75, 3.05) is 5.32 Å². The van der Waals surface area contributed by atoms with Crippen LogP contribution < -0.4 is 5.32 Å². The molecule has 86 valence electrons. The van der Waals surface area contributed by atoms with Crippen molar-refractivity contribution >= 4 is 23.3 Å². The molecule has 0 aromatic carbocycles. The Morgan fingerprint density at radius 2 is 2.24 bits per heavy atom. The van der Waals surface area contributed by atoms with Crippen molar-refractivity contribution in [2.45, 2.75) is 6.92 Å². The van der Waals surface area contributed by atoms with Gasteiger partial charge in [0, 0.05) is 18.6 Å². The number of hydrogen-bond donors (Lipinski definition) is 1. The van der Waals surface area contributed by atoms with Crippen LogP contribution in [-0.4, -0.2) is 15.9 Å². The van der Waals surface area contributed by atoms with Gasteiger partial charge in [0.05, 0.1) is 10.6 Å². The second-order valence-corrected chi connectivity index (χ2v) is 3.92. The Kier molecular flexibility index (Phi) is 3.35. The maximum Gasteiger partial charge on any atom is 0.258 e. The number of rotatable bonds is 2. The zero-order chi connectivity index (χ0) is 12.3. The van der Waals surface area contributed by atoms with E-state index in [1.54, 1.807) is 24.4 Å². The molecule has 0 aliphatic rings. The quantitative estimate of drug-likeness (QED) is 0.888. The number of carbonyl (C=O) groups is 1. The summed E-state index contributed by atoms with van der Waals surface area (Å²) < 4.78 is 0. The number of halogens is 1. The summed E-state index contributed by atoms with van der Waals surface area (Å²) in [6.45, 7) is 1.85. The molecule has 0 fully saturated rings. The number of nitrogens with one attached hydrogen (secondary N) is 1. The number of hydrogen-bond acceptors (Lipinski definition) is 3. The van der Waals surface area contributed by atoms with Gasteiger partial charge in [-0.2, -0.15) is 0 Å². The fourth-order valence-corrected chi connectivity index (χ4v) is 1.40. The van der Waals surface area contributed by atoms with Crippen molar-refractivity contribution in [1.82, 2.24) is 9.97 Å². The third kappa shape index (κ3) is 2.79. The summed E-state index contributed by atoms with van der Waals surface area (Å²) in [4.78, 5) is 19.7. The van der Waals surface area contributed by atoms with E-state index in [1.165, 1.54) is 12.4 Å². The summed E-state index contributed by atoms with van der Waals surface area (Å²) in [5, 5.41) is 3.25. The van der Waals surface area contributed by atoms with Crippen molar-refractivity contribution in [1.29, 1.82) is 0 Å². The molecule has 17 heavy (non-hydrogen) atoms. The second-order valence-electron chi connectivity index (χ2n) is 3.51. The molecule has 0 saturated heterocycles. The Morgan fingerprint density at radius 1 is 1.41 bits per heavy atom. The third-order valence-electron chi connectivity index (χ3n) is 2.21. The normalized spacial score (nSPS) is 10.0. The molecular weight excluding hydrogens is 238 g/mol. The Labute approximate surface area is 104 Å². The molecule has 2 heterocycles. The number of carbonyl (C=O) groups excluding carboxylic acids is 1. The van der Waals surface area contributed by atoms with Gasteiger partial charge >= 0.3 is 0 Å². The summed E-state index contributed by atoms with van der Waals surface area (Å²) in [5.41, 5.74) is 1.35. The zero-order valence-electron chi connectivity index (χ0n) is 9.14. The standard InChI is InChI=1S/C12H10ClN3O/c1-8-5-11(15-7-10(8)13)16-12(17)9-3-2-4-14-6-9/h2-7H,1H3,(H,15,16,17). The minimum Gasteiger partial charge on any atom is -0.307 e. The smallest absolute Gasteiger partial charge is 0.258 e. The van der Waals surface area contributed by atoms with E-state index in [0.717, 1.165) is 5.56 Å². The van der Waals surface area contributed by atoms with Gasteiger partial charge in [-0.05, 0) is 30.7 Å². The summed E-state index contributed by atoms with van der Waals surface area (Å²) in [6, 6.07) is 5.11. The number of pyridine rings is 2. The Morgan fingerprint density at radius 3 is 2.88 bits per heavy atom. The first kappa shape index (κ1) is 11.5. The van der Waals surface area contributed by atoms with Gasteiger partial charge in [0.25, 0.3) is 5.91 Å². The zero-order valence-corrected chi connectivity index (χ0v) is 9.90. The van der Waals surface area contributed by atoms with Gasteiger partial charge in [-0.25, -0.2) is 4.98 Å². The first-order chi connectivity index (χ1) is 8.16. The van der Waals surface area contributed by atoms with Crippen LogP contribution >= 0.6 is 11.6 Å². The van der Waals surface area contributed by atoms with Gasteiger partial charge in [0.1, 0.15) is 5.82 Å². The summed E-state index contributed by atoms with van der Waals surface area (Å²) >= 11 is 5.85. The van der Waals surface area contributed by atoms with Gasteiger partial charge in [0.2, 0.25) is 0 Å². The van der Waals surface area contributed by atoms with Gasteiger partial charge < -0.3 is 5.32 Å². The number of aromatic nitrogens is 2. The molecule has 0 aliphatic carbocycles. The Bertz CT molecular complexity index is 543. The second kappa shape index (κ2) is 4.93. The van der Waals surface area contributed by atoms with E-state index in [1.807, 2.05) is 6.92 Å². The highest BCUT2D eigenvalue weighted by Crippen LogP contribution is 2.16. The number of anilines is 1. The number of amides is 1. The Hall–Kier alpha value is -1.94. The fourth-order valence-electron chi connectivity index (χ4n) is 1.29. The SMILES string of the molecule is Cc1cc(NC(=O)c2cccnc2)ncc1Cl. The van der Waals surface area contributed by atoms with Crippen LogP contribution in [0.25, 0.3) is 0 Å². The highest BCUT2D eigenvalue weighted by Gasteiger charge is 2.07. The number of nitrogens with zero attached hydrogens (tertiary/aromatic N) is 2. The largest absolute Gasteiger partial charge is 0.307 e. The molecule has 4 nitrogen and oxygen atoms in total. The van der Waals surface area contributed by atoms with E-state index in [4.69, 9.17) is 11.6 Å². The average Bonchev–Trinajstić information content (AvgIpc) is 2.35. The molecule has 1 N–H and O–H groups in total. The lowest BCUT2D eigenvalue weighted by Crippen LogP contribution is -2.13. The summed E-state index contributed by atoms with van der Waals surface area (Å²) in [5.74, 6) is 0.230. The molecule has 2 aromatic rings. The molecule has 2 aromatic heterocycles. The molecule has 0 atom stereocenters. The molecule has 0 spiro atoms. The molecule has 0 radical (unpaired) electrons. The van der Waals surface area contributed by atoms with E-state index >= 15 is 0 Å². The highest BCUT2D eigenvalue weighted by atomic mass is 35.5. The predicted octanol–water partition coefficient (Wildman–Crippen LogP) is 2.69. The van der Waals surface area contributed by atoms with E-state index in [2.05, 4.69) is 15.3 Å². The van der Waals surface area contributed by atoms with E-state index < -0.39 is 0 Å². The van der Waals surface area contributed by atoms with E-state index in [9.17, 15) is 4.79 Å². The molecule has 2 rings (SSSR count). The molecule has 0 unspecified atom stereocenters. The minimum atomic E-state index is -0.243. The molecule has 1 amide bonds. The highest BCUT2D eigenvalue weighted by molar-refractivity contribution is 6.31. The van der Waals surface area contributed by atoms with E-state index in [-0.39, 0.29) is 5.91 Å². The minimum absolute atomic E-state index is 0.243. The van der Waals surface area contributed by atoms with Crippen LogP contribution in [0.5, 0.6) is 0 Å². The van der Waals surface area contributed by atoms with Gasteiger partial charge in [-0.15, -0.1) is 0 Å². The fraction of sp³-hybridized carbons (Fsp3) is 0.0833. The van der Waals surface area contributed by atoms with Gasteiger partial charge in [-0.1, -0.05) is 11.6 Å². The monoisotopic (exact) mass is 247 g/mol. The van der Waals surface area contributed by atoms with Crippen molar-refractivity contribution < 1.29 is 4.79 Å². The topological polar surface area (TPSA) is 54.9 Å². The van der Waals surface area contributed by atoms with Crippen LogP contribution in [0.3, 0.4) is 0 Å². The molecule has 0 aliphatic heterocycles. The summed E-state index contributed by atoms with van der Waals surface area (Å²) in [6.07, 6.45) is 4.62. The predicted molar refractivity (Wildman–Crippen MR) is 66.2 cm³/mol. The molecule has 0 bridgehead atoms. The lowest BCUT2D eigenvalue weighted by atomic mass is 10.2. The van der Waals surface area contributed by atoms with Gasteiger partial charge in [0.15, 0.2) is 0 Å². The van der Waals surface area contributed by atoms with Crippen molar-refractivity contribution in [3.8, 4) is 0 Å². The maximum absolute atomic E-state index is 11.8. The van der Waals surface area contributed by atoms with Crippen LogP contribution in [0.1, 0.15) is 15.9 Å². The van der Waals surface area contributed by atoms with Gasteiger partial charge in [-0.3, -0.25) is 9.78 Å². The molecule has 0 saturated carbocycles. The third-order valence-corrected chi connectivity index (χ3v) is 2.61. The molecular formula is C12H10ClN3O. The first-order valence-corrected chi connectivity index (χ1v) is 5.38. The van der Waals surface area contributed by atoms with Crippen molar-refractivity contribution in [3.63, 3.8) is 0 Å². The van der Waals surface area contributed by atoms with Crippen LogP contribution in [0.4, 0.5) is 5.82 Å². The van der Waals surface area contributed by atoms with Crippen molar-refractivity contribution in [3.05, 3.63) is 52.9 Å². The lowest BCUT2D eigenvalue weighted by molar-refractivity contribution is 0.102. The average molecular weight is 248 g/mol. The maximum atomic E-state index is 11.8. The van der Waals surface area contributed by atoms with Crippen LogP contribution in [0, 0.1) is 6.92 Å². The first-order valence-electron chi connectivity index (χ1n) is 5.00. The van der Waals surface area contributed by atoms with Crippen LogP contribution in [0.2, 0.25) is 5.02 Å². The summed E-state index contributed by atoms with van der Waals surface area (Å²) in [7, 11) is 0. The van der Waals surface area contributed by atoms with Crippen molar-refractivity contribution in [2.24, 2.45) is 0 Å². The Balaban J connectivity index is 2.16.